The van der Waals surface area contributed by atoms with Crippen LogP contribution in [0.3, 0.4) is 0 Å². The Labute approximate surface area is 200 Å². The number of ether oxygens (including phenoxy) is 2. The first-order valence-corrected chi connectivity index (χ1v) is 10.9. The van der Waals surface area contributed by atoms with Gasteiger partial charge < -0.3 is 9.47 Å². The summed E-state index contributed by atoms with van der Waals surface area (Å²) < 4.78 is 25.3. The number of nitrogens with zero attached hydrogens (tertiary/aromatic N) is 6. The smallest absolute Gasteiger partial charge is 0.170 e. The van der Waals surface area contributed by atoms with E-state index < -0.39 is 0 Å². The molecular weight excluding hydrogens is 435 g/mol. The standard InChI is InChI=1S/C17H18N4O2.C8H11FN2.H2/c1-11-13(7-6-10-18-11)17-20-19-12(2)21(17)16-14(22-3)8-5-9-15(16)23-4;1-6(2)3-8-10-4-7(9)5-11-8;/h5-10H,1-4H3;4-6H,3H2,1-2H3;1H. The quantitative estimate of drug-likeness (QED) is 0.394. The van der Waals surface area contributed by atoms with E-state index in [1.54, 1.807) is 20.4 Å². The third-order valence-electron chi connectivity index (χ3n) is 4.96. The number of aromatic nitrogens is 6. The zero-order valence-corrected chi connectivity index (χ0v) is 20.3. The maximum atomic E-state index is 12.3. The molecule has 0 N–H and O–H groups in total. The molecule has 0 unspecified atom stereocenters. The van der Waals surface area contributed by atoms with Gasteiger partial charge in [0.15, 0.2) is 11.6 Å². The predicted molar refractivity (Wildman–Crippen MR) is 130 cm³/mol. The second-order valence-electron chi connectivity index (χ2n) is 7.97. The Morgan fingerprint density at radius 1 is 0.941 bits per heavy atom. The monoisotopic (exact) mass is 466 g/mol. The van der Waals surface area contributed by atoms with Crippen LogP contribution in [0, 0.1) is 25.6 Å². The van der Waals surface area contributed by atoms with Crippen LogP contribution in [0.15, 0.2) is 48.9 Å². The fourth-order valence-corrected chi connectivity index (χ4v) is 3.39. The van der Waals surface area contributed by atoms with Gasteiger partial charge >= 0.3 is 0 Å². The van der Waals surface area contributed by atoms with E-state index in [1.807, 2.05) is 48.7 Å². The van der Waals surface area contributed by atoms with Crippen LogP contribution in [0.5, 0.6) is 11.5 Å². The van der Waals surface area contributed by atoms with Crippen LogP contribution in [0.1, 0.15) is 32.6 Å². The van der Waals surface area contributed by atoms with Gasteiger partial charge in [0.05, 0.1) is 26.6 Å². The third kappa shape index (κ3) is 5.72. The molecule has 4 aromatic rings. The lowest BCUT2D eigenvalue weighted by Crippen LogP contribution is -2.05. The summed E-state index contributed by atoms with van der Waals surface area (Å²) in [6.07, 6.45) is 4.96. The highest BCUT2D eigenvalue weighted by molar-refractivity contribution is 5.66. The van der Waals surface area contributed by atoms with E-state index in [0.717, 1.165) is 29.2 Å². The lowest BCUT2D eigenvalue weighted by molar-refractivity contribution is 0.391. The van der Waals surface area contributed by atoms with Crippen molar-refractivity contribution in [1.29, 1.82) is 0 Å². The molecule has 3 aromatic heterocycles. The minimum Gasteiger partial charge on any atom is -0.494 e. The van der Waals surface area contributed by atoms with E-state index in [9.17, 15) is 4.39 Å². The Bertz CT molecular complexity index is 1210. The Balaban J connectivity index is 0.000000305. The minimum atomic E-state index is -0.377. The number of para-hydroxylation sites is 1. The van der Waals surface area contributed by atoms with Gasteiger partial charge in [0, 0.05) is 25.3 Å². The van der Waals surface area contributed by atoms with E-state index in [0.29, 0.717) is 29.1 Å². The number of hydrogen-bond acceptors (Lipinski definition) is 7. The summed E-state index contributed by atoms with van der Waals surface area (Å²) in [5.41, 5.74) is 2.58. The number of aryl methyl sites for hydroxylation is 2. The lowest BCUT2D eigenvalue weighted by atomic mass is 10.1. The van der Waals surface area contributed by atoms with Crippen molar-refractivity contribution in [2.45, 2.75) is 34.1 Å². The maximum Gasteiger partial charge on any atom is 0.170 e. The molecule has 8 nitrogen and oxygen atoms in total. The zero-order chi connectivity index (χ0) is 24.7. The van der Waals surface area contributed by atoms with Crippen LogP contribution in [0.4, 0.5) is 4.39 Å². The van der Waals surface area contributed by atoms with Gasteiger partial charge in [-0.2, -0.15) is 0 Å². The highest BCUT2D eigenvalue weighted by atomic mass is 19.1. The second kappa shape index (κ2) is 11.3. The van der Waals surface area contributed by atoms with Gasteiger partial charge in [0.25, 0.3) is 0 Å². The molecule has 180 valence electrons. The molecular formula is C25H31FN6O2. The van der Waals surface area contributed by atoms with E-state index >= 15 is 0 Å². The van der Waals surface area contributed by atoms with Gasteiger partial charge in [-0.3, -0.25) is 9.55 Å². The van der Waals surface area contributed by atoms with Crippen molar-refractivity contribution >= 4 is 0 Å². The number of rotatable bonds is 6. The van der Waals surface area contributed by atoms with Crippen molar-refractivity contribution < 1.29 is 15.3 Å². The first kappa shape index (κ1) is 24.8. The third-order valence-corrected chi connectivity index (χ3v) is 4.96. The van der Waals surface area contributed by atoms with E-state index in [-0.39, 0.29) is 7.24 Å². The normalized spacial score (nSPS) is 10.6. The number of halogens is 1. The topological polar surface area (TPSA) is 87.8 Å². The van der Waals surface area contributed by atoms with Gasteiger partial charge in [0.1, 0.15) is 28.8 Å². The SMILES string of the molecule is CC(C)Cc1ncc(F)cn1.COc1cccc(OC)c1-n1c(C)nnc1-c1cccnc1C.[HH]. The first-order chi connectivity index (χ1) is 16.3. The minimum absolute atomic E-state index is 0. The van der Waals surface area contributed by atoms with E-state index in [4.69, 9.17) is 9.47 Å². The summed E-state index contributed by atoms with van der Waals surface area (Å²) in [6.45, 7) is 8.00. The highest BCUT2D eigenvalue weighted by Gasteiger charge is 2.21. The van der Waals surface area contributed by atoms with Crippen molar-refractivity contribution in [3.05, 3.63) is 72.1 Å². The predicted octanol–water partition coefficient (Wildman–Crippen LogP) is 5.02. The first-order valence-electron chi connectivity index (χ1n) is 10.9. The average molecular weight is 467 g/mol. The van der Waals surface area contributed by atoms with Crippen molar-refractivity contribution in [2.24, 2.45) is 5.92 Å². The molecule has 1 aromatic carbocycles. The Kier molecular flexibility index (Phi) is 8.24. The fourth-order valence-electron chi connectivity index (χ4n) is 3.39. The van der Waals surface area contributed by atoms with Crippen LogP contribution >= 0.6 is 0 Å². The molecule has 3 heterocycles. The summed E-state index contributed by atoms with van der Waals surface area (Å²) in [5, 5.41) is 8.57. The van der Waals surface area contributed by atoms with Crippen molar-refractivity contribution in [3.8, 4) is 28.6 Å². The van der Waals surface area contributed by atoms with Gasteiger partial charge in [-0.25, -0.2) is 14.4 Å². The van der Waals surface area contributed by atoms with Gasteiger partial charge in [-0.05, 0) is 44.0 Å². The average Bonchev–Trinajstić information content (AvgIpc) is 3.21. The molecule has 0 aliphatic rings. The summed E-state index contributed by atoms with van der Waals surface area (Å²) in [4.78, 5) is 12.0. The van der Waals surface area contributed by atoms with E-state index in [1.165, 1.54) is 12.4 Å². The second-order valence-corrected chi connectivity index (χ2v) is 7.97. The summed E-state index contributed by atoms with van der Waals surface area (Å²) in [7, 11) is 3.26. The molecule has 0 saturated heterocycles. The highest BCUT2D eigenvalue weighted by Crippen LogP contribution is 2.36. The van der Waals surface area contributed by atoms with Gasteiger partial charge in [0.2, 0.25) is 0 Å². The number of hydrogen-bond donors (Lipinski definition) is 0. The molecule has 4 rings (SSSR count). The Morgan fingerprint density at radius 3 is 2.15 bits per heavy atom. The van der Waals surface area contributed by atoms with E-state index in [2.05, 4.69) is 39.0 Å². The summed E-state index contributed by atoms with van der Waals surface area (Å²) in [6, 6.07) is 9.52. The molecule has 34 heavy (non-hydrogen) atoms. The molecule has 0 amide bonds. The molecule has 0 saturated carbocycles. The number of methoxy groups -OCH3 is 2. The van der Waals surface area contributed by atoms with Crippen LogP contribution < -0.4 is 9.47 Å². The lowest BCUT2D eigenvalue weighted by Gasteiger charge is -2.16. The maximum absolute atomic E-state index is 12.3. The number of benzene rings is 1. The Hall–Kier alpha value is -3.88. The Morgan fingerprint density at radius 2 is 1.59 bits per heavy atom. The largest absolute Gasteiger partial charge is 0.494 e. The van der Waals surface area contributed by atoms with Crippen molar-refractivity contribution in [2.75, 3.05) is 14.2 Å². The molecule has 0 spiro atoms. The molecule has 0 fully saturated rings. The molecule has 0 atom stereocenters. The molecule has 0 bridgehead atoms. The van der Waals surface area contributed by atoms with Crippen LogP contribution in [-0.2, 0) is 6.42 Å². The van der Waals surface area contributed by atoms with Crippen molar-refractivity contribution in [3.63, 3.8) is 0 Å². The van der Waals surface area contributed by atoms with Crippen LogP contribution in [0.25, 0.3) is 17.1 Å². The summed E-state index contributed by atoms with van der Waals surface area (Å²) >= 11 is 0. The number of pyridine rings is 1. The van der Waals surface area contributed by atoms with Gasteiger partial charge in [-0.15, -0.1) is 10.2 Å². The molecule has 9 heteroatoms. The molecule has 0 aliphatic carbocycles. The zero-order valence-electron chi connectivity index (χ0n) is 20.3. The molecule has 0 radical (unpaired) electrons. The van der Waals surface area contributed by atoms with Crippen molar-refractivity contribution in [1.82, 2.24) is 29.7 Å². The fraction of sp³-hybridized carbons (Fsp3) is 0.320. The molecule has 0 aliphatic heterocycles. The van der Waals surface area contributed by atoms with Crippen LogP contribution in [-0.4, -0.2) is 43.9 Å². The van der Waals surface area contributed by atoms with Gasteiger partial charge in [-0.1, -0.05) is 19.9 Å². The summed E-state index contributed by atoms with van der Waals surface area (Å²) in [5.74, 6) is 3.67. The van der Waals surface area contributed by atoms with Crippen LogP contribution in [0.2, 0.25) is 0 Å².